The number of para-hydroxylation sites is 1. The molecule has 4 atom stereocenters. The first-order chi connectivity index (χ1) is 29.3. The predicted molar refractivity (Wildman–Crippen MR) is 264 cm³/mol. The normalized spacial score (nSPS) is 26.6. The van der Waals surface area contributed by atoms with E-state index in [-0.39, 0.29) is 28.6 Å². The maximum absolute atomic E-state index is 2.97. The van der Waals surface area contributed by atoms with Gasteiger partial charge in [-0.15, -0.1) is 0 Å². The largest absolute Gasteiger partial charge is 0.335 e. The van der Waals surface area contributed by atoms with Crippen LogP contribution in [-0.4, -0.2) is 25.9 Å². The van der Waals surface area contributed by atoms with Crippen LogP contribution in [0, 0.1) is 13.8 Å². The highest BCUT2D eigenvalue weighted by Crippen LogP contribution is 2.66. The molecule has 6 aliphatic rings. The lowest BCUT2D eigenvalue weighted by molar-refractivity contribution is 0.195. The van der Waals surface area contributed by atoms with Gasteiger partial charge in [-0.25, -0.2) is 0 Å². The van der Waals surface area contributed by atoms with E-state index in [4.69, 9.17) is 0 Å². The van der Waals surface area contributed by atoms with Crippen LogP contribution in [0.25, 0.3) is 0 Å². The second kappa shape index (κ2) is 12.6. The van der Waals surface area contributed by atoms with Gasteiger partial charge in [0, 0.05) is 50.6 Å². The number of anilines is 7. The zero-order chi connectivity index (χ0) is 41.8. The Hall–Kier alpha value is -5.00. The Balaban J connectivity index is 1.24. The number of hydrogen-bond donors (Lipinski definition) is 0. The van der Waals surface area contributed by atoms with Crippen molar-refractivity contribution in [1.82, 2.24) is 0 Å². The van der Waals surface area contributed by atoms with Crippen molar-refractivity contribution in [3.8, 4) is 0 Å². The number of rotatable bonds is 4. The highest BCUT2D eigenvalue weighted by molar-refractivity contribution is 7.01. The lowest BCUT2D eigenvalue weighted by atomic mass is 9.33. The van der Waals surface area contributed by atoms with Crippen LogP contribution in [0.4, 0.5) is 39.8 Å². The highest BCUT2D eigenvalue weighted by atomic mass is 28.3. The van der Waals surface area contributed by atoms with Crippen molar-refractivity contribution in [2.75, 3.05) is 14.7 Å². The molecule has 306 valence electrons. The Kier molecular flexibility index (Phi) is 7.77. The van der Waals surface area contributed by atoms with Gasteiger partial charge in [-0.1, -0.05) is 142 Å². The molecule has 0 aromatic heterocycles. The molecule has 4 unspecified atom stereocenters. The Morgan fingerprint density at radius 1 is 0.525 bits per heavy atom. The molecule has 6 aromatic carbocycles. The molecule has 2 saturated carbocycles. The van der Waals surface area contributed by atoms with E-state index in [0.29, 0.717) is 0 Å². The third-order valence-electron chi connectivity index (χ3n) is 17.3. The predicted octanol–water partition coefficient (Wildman–Crippen LogP) is 12.0. The first kappa shape index (κ1) is 37.7. The summed E-state index contributed by atoms with van der Waals surface area (Å²) in [5, 5.41) is 1.58. The summed E-state index contributed by atoms with van der Waals surface area (Å²) in [5.41, 5.74) is 20.9. The summed E-state index contributed by atoms with van der Waals surface area (Å²) >= 11 is 0. The van der Waals surface area contributed by atoms with Crippen LogP contribution in [0.2, 0.25) is 19.6 Å². The van der Waals surface area contributed by atoms with Crippen molar-refractivity contribution in [2.24, 2.45) is 0 Å². The monoisotopic (exact) mass is 813 g/mol. The third-order valence-corrected chi connectivity index (χ3v) is 19.3. The molecule has 4 aliphatic heterocycles. The van der Waals surface area contributed by atoms with E-state index in [2.05, 4.69) is 190 Å². The van der Waals surface area contributed by atoms with Gasteiger partial charge in [0.15, 0.2) is 0 Å². The minimum Gasteiger partial charge on any atom is -0.335 e. The fourth-order valence-electron chi connectivity index (χ4n) is 14.2. The summed E-state index contributed by atoms with van der Waals surface area (Å²) in [4.78, 5) is 8.47. The van der Waals surface area contributed by atoms with Crippen LogP contribution in [0.15, 0.2) is 121 Å². The molecular formula is C56H60BN3Si. The van der Waals surface area contributed by atoms with Crippen LogP contribution in [0.5, 0.6) is 0 Å². The number of hydrogen-bond acceptors (Lipinski definition) is 3. The molecule has 0 amide bonds. The first-order valence-corrected chi connectivity index (χ1v) is 26.9. The molecule has 61 heavy (non-hydrogen) atoms. The average Bonchev–Trinajstić information content (AvgIpc) is 3.62. The topological polar surface area (TPSA) is 9.72 Å². The van der Waals surface area contributed by atoms with Gasteiger partial charge in [0.25, 0.3) is 6.71 Å². The second-order valence-electron chi connectivity index (χ2n) is 21.5. The van der Waals surface area contributed by atoms with E-state index in [0.717, 1.165) is 6.42 Å². The first-order valence-electron chi connectivity index (χ1n) is 23.4. The highest BCUT2D eigenvalue weighted by Gasteiger charge is 2.65. The van der Waals surface area contributed by atoms with E-state index >= 15 is 0 Å². The van der Waals surface area contributed by atoms with Gasteiger partial charge in [-0.3, -0.25) is 0 Å². The molecule has 0 saturated heterocycles. The zero-order valence-electron chi connectivity index (χ0n) is 37.6. The quantitative estimate of drug-likeness (QED) is 0.164. The van der Waals surface area contributed by atoms with Gasteiger partial charge in [0.1, 0.15) is 0 Å². The molecule has 12 rings (SSSR count). The van der Waals surface area contributed by atoms with Gasteiger partial charge in [-0.2, -0.15) is 0 Å². The van der Waals surface area contributed by atoms with Crippen LogP contribution in [-0.2, 0) is 10.8 Å². The van der Waals surface area contributed by atoms with Crippen LogP contribution >= 0.6 is 0 Å². The van der Waals surface area contributed by atoms with Crippen molar-refractivity contribution >= 4 is 76.2 Å². The van der Waals surface area contributed by atoms with Crippen LogP contribution < -0.4 is 36.3 Å². The lowest BCUT2D eigenvalue weighted by Crippen LogP contribution is -2.65. The standard InChI is InChI=1S/C56H60BN3Si/c1-37-19-18-22-40(31-37)58-48-32-38(2)25-26-45(48)57-46-36-42(61(6,7)8)35-44-52(46)60(55(5)29-16-17-30-56(44,55)39-20-10-9-11-21-39)50-34-41(33-49(58)51(50)57)59-47-24-13-12-23-43(47)53(3)27-14-15-28-54(53,59)4/h9-13,18-26,31-36H,14-17,27-30H2,1-8H3. The molecule has 5 heteroatoms. The number of fused-ring (bicyclic) bond motifs is 10. The summed E-state index contributed by atoms with van der Waals surface area (Å²) < 4.78 is 0. The summed E-state index contributed by atoms with van der Waals surface area (Å²) in [7, 11) is -1.77. The van der Waals surface area contributed by atoms with Gasteiger partial charge in [-0.05, 0) is 134 Å². The van der Waals surface area contributed by atoms with E-state index in [1.165, 1.54) is 123 Å². The SMILES string of the molecule is Cc1cccc(N2c3cc(C)ccc3B3c4cc([Si](C)(C)C)cc5c4N(c4cc(N6c7ccccc7C7(C)CCCCC67C)cc2c43)C2(C)CCCCC52c2ccccc2)c1. The minimum absolute atomic E-state index is 0.0514. The zero-order valence-corrected chi connectivity index (χ0v) is 38.6. The Morgan fingerprint density at radius 2 is 1.23 bits per heavy atom. The lowest BCUT2D eigenvalue weighted by Gasteiger charge is -2.54. The number of aryl methyl sites for hydroxylation is 2. The smallest absolute Gasteiger partial charge is 0.252 e. The van der Waals surface area contributed by atoms with E-state index in [9.17, 15) is 0 Å². The van der Waals surface area contributed by atoms with Gasteiger partial charge in [0.2, 0.25) is 0 Å². The fourth-order valence-corrected chi connectivity index (χ4v) is 15.3. The van der Waals surface area contributed by atoms with Crippen molar-refractivity contribution in [3.05, 3.63) is 149 Å². The average molecular weight is 814 g/mol. The summed E-state index contributed by atoms with van der Waals surface area (Å²) in [6.07, 6.45) is 9.76. The fraction of sp³-hybridized carbons (Fsp3) is 0.357. The Morgan fingerprint density at radius 3 is 2.02 bits per heavy atom. The second-order valence-corrected chi connectivity index (χ2v) is 26.6. The minimum atomic E-state index is -1.77. The van der Waals surface area contributed by atoms with Crippen LogP contribution in [0.1, 0.15) is 100.0 Å². The van der Waals surface area contributed by atoms with E-state index in [1.807, 2.05) is 0 Å². The molecule has 2 fully saturated rings. The number of benzene rings is 6. The molecule has 3 nitrogen and oxygen atoms in total. The summed E-state index contributed by atoms with van der Waals surface area (Å²) in [6, 6.07) is 48.6. The maximum atomic E-state index is 2.97. The molecule has 0 N–H and O–H groups in total. The van der Waals surface area contributed by atoms with E-state index in [1.54, 1.807) is 10.8 Å². The van der Waals surface area contributed by atoms with E-state index < -0.39 is 8.07 Å². The van der Waals surface area contributed by atoms with Gasteiger partial charge in [0.05, 0.1) is 19.2 Å². The maximum Gasteiger partial charge on any atom is 0.252 e. The molecule has 2 aliphatic carbocycles. The third kappa shape index (κ3) is 4.72. The Labute approximate surface area is 365 Å². The van der Waals surface area contributed by atoms with Gasteiger partial charge >= 0.3 is 0 Å². The summed E-state index contributed by atoms with van der Waals surface area (Å²) in [6.45, 7) is 20.2. The van der Waals surface area contributed by atoms with Crippen molar-refractivity contribution in [2.45, 2.75) is 128 Å². The van der Waals surface area contributed by atoms with Crippen LogP contribution in [0.3, 0.4) is 0 Å². The molecular weight excluding hydrogens is 754 g/mol. The van der Waals surface area contributed by atoms with Crippen molar-refractivity contribution < 1.29 is 0 Å². The molecule has 0 bridgehead atoms. The van der Waals surface area contributed by atoms with Crippen molar-refractivity contribution in [3.63, 3.8) is 0 Å². The molecule has 0 spiro atoms. The molecule has 6 aromatic rings. The molecule has 4 heterocycles. The Bertz CT molecular complexity index is 2830. The number of nitrogens with zero attached hydrogens (tertiary/aromatic N) is 3. The summed E-state index contributed by atoms with van der Waals surface area (Å²) in [5.74, 6) is 0. The van der Waals surface area contributed by atoms with Crippen molar-refractivity contribution in [1.29, 1.82) is 0 Å². The van der Waals surface area contributed by atoms with Gasteiger partial charge < -0.3 is 14.7 Å². The molecule has 0 radical (unpaired) electrons.